The first-order valence-electron chi connectivity index (χ1n) is 7.14. The number of methoxy groups -OCH3 is 1. The monoisotopic (exact) mass is 286 g/mol. The van der Waals surface area contributed by atoms with Crippen molar-refractivity contribution in [3.8, 4) is 5.75 Å². The summed E-state index contributed by atoms with van der Waals surface area (Å²) in [5, 5.41) is 3.31. The summed E-state index contributed by atoms with van der Waals surface area (Å²) in [5.74, 6) is 1.63. The molecule has 21 heavy (non-hydrogen) atoms. The molecule has 5 nitrogen and oxygen atoms in total. The number of benzene rings is 1. The Labute approximate surface area is 126 Å². The van der Waals surface area contributed by atoms with Gasteiger partial charge in [0.25, 0.3) is 0 Å². The summed E-state index contributed by atoms with van der Waals surface area (Å²) >= 11 is 0. The zero-order valence-electron chi connectivity index (χ0n) is 12.8. The Morgan fingerprint density at radius 2 is 2.10 bits per heavy atom. The Morgan fingerprint density at radius 3 is 2.76 bits per heavy atom. The number of hydrogen-bond acceptors (Lipinski definition) is 5. The fraction of sp³-hybridized carbons (Fsp3) is 0.375. The van der Waals surface area contributed by atoms with Crippen LogP contribution in [0.1, 0.15) is 19.0 Å². The molecule has 2 rings (SSSR count). The lowest BCUT2D eigenvalue weighted by molar-refractivity contribution is 0.415. The molecule has 0 spiro atoms. The van der Waals surface area contributed by atoms with E-state index in [1.807, 2.05) is 42.4 Å². The molecule has 0 fully saturated rings. The number of nitrogens with zero attached hydrogens (tertiary/aromatic N) is 3. The maximum absolute atomic E-state index is 5.24. The molecule has 0 aliphatic heterocycles. The smallest absolute Gasteiger partial charge is 0.151 e. The first-order chi connectivity index (χ1) is 10.2. The van der Waals surface area contributed by atoms with Crippen molar-refractivity contribution in [2.45, 2.75) is 19.9 Å². The van der Waals surface area contributed by atoms with Gasteiger partial charge in [-0.1, -0.05) is 13.0 Å². The van der Waals surface area contributed by atoms with E-state index in [4.69, 9.17) is 4.74 Å². The Hall–Kier alpha value is -2.14. The molecule has 5 heteroatoms. The topological polar surface area (TPSA) is 50.3 Å². The minimum absolute atomic E-state index is 0.754. The lowest BCUT2D eigenvalue weighted by Gasteiger charge is -2.18. The number of anilines is 2. The third-order valence-corrected chi connectivity index (χ3v) is 3.21. The predicted molar refractivity (Wildman–Crippen MR) is 85.1 cm³/mol. The summed E-state index contributed by atoms with van der Waals surface area (Å²) in [5.41, 5.74) is 1.96. The van der Waals surface area contributed by atoms with Crippen molar-refractivity contribution in [2.75, 3.05) is 25.6 Å². The quantitative estimate of drug-likeness (QED) is 0.793. The Morgan fingerprint density at radius 1 is 1.24 bits per heavy atom. The van der Waals surface area contributed by atoms with Gasteiger partial charge in [0.05, 0.1) is 25.2 Å². The van der Waals surface area contributed by atoms with E-state index in [1.54, 1.807) is 13.3 Å². The number of rotatable bonds is 7. The van der Waals surface area contributed by atoms with Crippen LogP contribution >= 0.6 is 0 Å². The van der Waals surface area contributed by atoms with Gasteiger partial charge in [0, 0.05) is 25.3 Å². The standard InChI is InChI=1S/C16H22N4O/c1-4-8-17-10-13-11-19-16(12-18-13)20(2)14-6-5-7-15(9-14)21-3/h5-7,9,11-12,17H,4,8,10H2,1-3H3. The van der Waals surface area contributed by atoms with Crippen LogP contribution in [-0.4, -0.2) is 30.7 Å². The fourth-order valence-corrected chi connectivity index (χ4v) is 1.96. The van der Waals surface area contributed by atoms with Crippen LogP contribution in [0, 0.1) is 0 Å². The van der Waals surface area contributed by atoms with E-state index in [-0.39, 0.29) is 0 Å². The highest BCUT2D eigenvalue weighted by Gasteiger charge is 2.07. The summed E-state index contributed by atoms with van der Waals surface area (Å²) in [7, 11) is 3.63. The van der Waals surface area contributed by atoms with E-state index >= 15 is 0 Å². The number of ether oxygens (including phenoxy) is 1. The molecule has 0 aliphatic carbocycles. The summed E-state index contributed by atoms with van der Waals surface area (Å²) < 4.78 is 5.24. The summed E-state index contributed by atoms with van der Waals surface area (Å²) in [6, 6.07) is 7.87. The minimum Gasteiger partial charge on any atom is -0.497 e. The SMILES string of the molecule is CCCNCc1cnc(N(C)c2cccc(OC)c2)cn1. The lowest BCUT2D eigenvalue weighted by atomic mass is 10.3. The van der Waals surface area contributed by atoms with Gasteiger partial charge < -0.3 is 15.0 Å². The average Bonchev–Trinajstić information content (AvgIpc) is 2.55. The largest absolute Gasteiger partial charge is 0.497 e. The van der Waals surface area contributed by atoms with E-state index in [0.29, 0.717) is 0 Å². The normalized spacial score (nSPS) is 10.4. The van der Waals surface area contributed by atoms with E-state index in [2.05, 4.69) is 22.2 Å². The molecule has 112 valence electrons. The highest BCUT2D eigenvalue weighted by molar-refractivity contribution is 5.60. The van der Waals surface area contributed by atoms with Crippen LogP contribution in [0.4, 0.5) is 11.5 Å². The van der Waals surface area contributed by atoms with Crippen molar-refractivity contribution >= 4 is 11.5 Å². The molecule has 0 aliphatic rings. The molecule has 0 unspecified atom stereocenters. The second kappa shape index (κ2) is 7.59. The Kier molecular flexibility index (Phi) is 5.51. The molecule has 1 heterocycles. The van der Waals surface area contributed by atoms with E-state index < -0.39 is 0 Å². The maximum Gasteiger partial charge on any atom is 0.151 e. The van der Waals surface area contributed by atoms with Crippen LogP contribution in [0.3, 0.4) is 0 Å². The third-order valence-electron chi connectivity index (χ3n) is 3.21. The third kappa shape index (κ3) is 4.16. The predicted octanol–water partition coefficient (Wildman–Crippen LogP) is 2.75. The molecule has 1 N–H and O–H groups in total. The van der Waals surface area contributed by atoms with Gasteiger partial charge in [0.1, 0.15) is 5.75 Å². The zero-order chi connectivity index (χ0) is 15.1. The summed E-state index contributed by atoms with van der Waals surface area (Å²) in [6.45, 7) is 3.89. The van der Waals surface area contributed by atoms with E-state index in [9.17, 15) is 0 Å². The average molecular weight is 286 g/mol. The second-order valence-electron chi connectivity index (χ2n) is 4.80. The maximum atomic E-state index is 5.24. The molecule has 0 saturated heterocycles. The van der Waals surface area contributed by atoms with Gasteiger partial charge in [-0.05, 0) is 25.1 Å². The second-order valence-corrected chi connectivity index (χ2v) is 4.80. The summed E-state index contributed by atoms with van der Waals surface area (Å²) in [6.07, 6.45) is 4.72. The van der Waals surface area contributed by atoms with Gasteiger partial charge in [-0.2, -0.15) is 0 Å². The molecule has 0 atom stereocenters. The Bertz CT molecular complexity index is 556. The van der Waals surface area contributed by atoms with Crippen molar-refractivity contribution in [3.63, 3.8) is 0 Å². The van der Waals surface area contributed by atoms with Gasteiger partial charge in [0.2, 0.25) is 0 Å². The highest BCUT2D eigenvalue weighted by atomic mass is 16.5. The minimum atomic E-state index is 0.754. The van der Waals surface area contributed by atoms with Gasteiger partial charge in [-0.25, -0.2) is 4.98 Å². The van der Waals surface area contributed by atoms with Crippen LogP contribution in [0.2, 0.25) is 0 Å². The number of aromatic nitrogens is 2. The van der Waals surface area contributed by atoms with Crippen molar-refractivity contribution in [3.05, 3.63) is 42.4 Å². The molecule has 0 radical (unpaired) electrons. The van der Waals surface area contributed by atoms with Gasteiger partial charge in [-0.3, -0.25) is 4.98 Å². The van der Waals surface area contributed by atoms with Crippen molar-refractivity contribution in [1.82, 2.24) is 15.3 Å². The van der Waals surface area contributed by atoms with Gasteiger partial charge in [0.15, 0.2) is 5.82 Å². The summed E-state index contributed by atoms with van der Waals surface area (Å²) in [4.78, 5) is 10.9. The van der Waals surface area contributed by atoms with Gasteiger partial charge in [-0.15, -0.1) is 0 Å². The molecule has 1 aromatic carbocycles. The van der Waals surface area contributed by atoms with Crippen LogP contribution in [-0.2, 0) is 6.54 Å². The Balaban J connectivity index is 2.06. The van der Waals surface area contributed by atoms with Crippen LogP contribution in [0.15, 0.2) is 36.7 Å². The van der Waals surface area contributed by atoms with Gasteiger partial charge >= 0.3 is 0 Å². The molecule has 1 aromatic heterocycles. The molecular weight excluding hydrogens is 264 g/mol. The molecule has 2 aromatic rings. The first kappa shape index (κ1) is 15.3. The highest BCUT2D eigenvalue weighted by Crippen LogP contribution is 2.24. The zero-order valence-corrected chi connectivity index (χ0v) is 12.8. The lowest BCUT2D eigenvalue weighted by Crippen LogP contribution is -2.16. The molecule has 0 saturated carbocycles. The first-order valence-corrected chi connectivity index (χ1v) is 7.14. The van der Waals surface area contributed by atoms with Crippen molar-refractivity contribution in [2.24, 2.45) is 0 Å². The van der Waals surface area contributed by atoms with Crippen LogP contribution in [0.25, 0.3) is 0 Å². The van der Waals surface area contributed by atoms with Crippen molar-refractivity contribution in [1.29, 1.82) is 0 Å². The van der Waals surface area contributed by atoms with Crippen LogP contribution in [0.5, 0.6) is 5.75 Å². The van der Waals surface area contributed by atoms with Crippen LogP contribution < -0.4 is 15.0 Å². The van der Waals surface area contributed by atoms with E-state index in [1.165, 1.54) is 0 Å². The molecule has 0 bridgehead atoms. The molecular formula is C16H22N4O. The van der Waals surface area contributed by atoms with E-state index in [0.717, 1.165) is 42.5 Å². The molecule has 0 amide bonds. The fourth-order valence-electron chi connectivity index (χ4n) is 1.96. The number of hydrogen-bond donors (Lipinski definition) is 1. The number of nitrogens with one attached hydrogen (secondary N) is 1. The van der Waals surface area contributed by atoms with Crippen molar-refractivity contribution < 1.29 is 4.74 Å².